The zero-order valence-electron chi connectivity index (χ0n) is 11.3. The molecule has 0 aliphatic carbocycles. The standard InChI is InChI=1S/C13H21N3O2/c1-4-18-9-5-7-14-11-6-8-15-12(10-11)13(17)16(2)3/h6,8,10H,4-5,7,9H2,1-3H3,(H,14,15). The first-order valence-corrected chi connectivity index (χ1v) is 6.14. The Kier molecular flexibility index (Phi) is 6.14. The summed E-state index contributed by atoms with van der Waals surface area (Å²) in [5.41, 5.74) is 1.36. The Morgan fingerprint density at radius 1 is 1.50 bits per heavy atom. The fourth-order valence-corrected chi connectivity index (χ4v) is 1.44. The summed E-state index contributed by atoms with van der Waals surface area (Å²) in [4.78, 5) is 17.3. The van der Waals surface area contributed by atoms with Gasteiger partial charge in [0.05, 0.1) is 0 Å². The molecular weight excluding hydrogens is 230 g/mol. The molecule has 0 spiro atoms. The van der Waals surface area contributed by atoms with Crippen molar-refractivity contribution in [3.63, 3.8) is 0 Å². The van der Waals surface area contributed by atoms with Crippen molar-refractivity contribution in [2.75, 3.05) is 39.2 Å². The first-order valence-electron chi connectivity index (χ1n) is 6.14. The van der Waals surface area contributed by atoms with Crippen LogP contribution in [-0.2, 0) is 4.74 Å². The third-order valence-corrected chi connectivity index (χ3v) is 2.38. The van der Waals surface area contributed by atoms with Crippen molar-refractivity contribution in [3.8, 4) is 0 Å². The molecule has 0 bridgehead atoms. The van der Waals surface area contributed by atoms with E-state index in [0.717, 1.165) is 31.9 Å². The predicted molar refractivity (Wildman–Crippen MR) is 71.9 cm³/mol. The lowest BCUT2D eigenvalue weighted by atomic mass is 10.3. The number of pyridine rings is 1. The minimum Gasteiger partial charge on any atom is -0.385 e. The van der Waals surface area contributed by atoms with Crippen LogP contribution in [0.25, 0.3) is 0 Å². The predicted octanol–water partition coefficient (Wildman–Crippen LogP) is 1.62. The average molecular weight is 251 g/mol. The first-order chi connectivity index (χ1) is 8.65. The SMILES string of the molecule is CCOCCCNc1ccnc(C(=O)N(C)C)c1. The highest BCUT2D eigenvalue weighted by Crippen LogP contribution is 2.09. The Labute approximate surface area is 108 Å². The number of nitrogens with one attached hydrogen (secondary N) is 1. The second-order valence-electron chi connectivity index (χ2n) is 4.11. The molecule has 0 aromatic carbocycles. The van der Waals surface area contributed by atoms with Crippen molar-refractivity contribution in [2.24, 2.45) is 0 Å². The smallest absolute Gasteiger partial charge is 0.272 e. The lowest BCUT2D eigenvalue weighted by Crippen LogP contribution is -2.22. The van der Waals surface area contributed by atoms with E-state index < -0.39 is 0 Å². The third kappa shape index (κ3) is 4.71. The molecule has 0 atom stereocenters. The van der Waals surface area contributed by atoms with Crippen LogP contribution in [-0.4, -0.2) is 49.6 Å². The van der Waals surface area contributed by atoms with Gasteiger partial charge in [0, 0.05) is 45.7 Å². The maximum Gasteiger partial charge on any atom is 0.272 e. The Balaban J connectivity index is 2.47. The van der Waals surface area contributed by atoms with Gasteiger partial charge >= 0.3 is 0 Å². The molecule has 0 unspecified atom stereocenters. The number of aromatic nitrogens is 1. The fourth-order valence-electron chi connectivity index (χ4n) is 1.44. The summed E-state index contributed by atoms with van der Waals surface area (Å²) in [5.74, 6) is -0.0898. The molecule has 1 heterocycles. The summed E-state index contributed by atoms with van der Waals surface area (Å²) >= 11 is 0. The lowest BCUT2D eigenvalue weighted by molar-refractivity contribution is 0.0822. The number of carbonyl (C=O) groups is 1. The van der Waals surface area contributed by atoms with Gasteiger partial charge in [-0.05, 0) is 25.5 Å². The van der Waals surface area contributed by atoms with Crippen molar-refractivity contribution in [3.05, 3.63) is 24.0 Å². The Morgan fingerprint density at radius 3 is 2.94 bits per heavy atom. The molecule has 0 fully saturated rings. The normalized spacial score (nSPS) is 10.2. The van der Waals surface area contributed by atoms with Gasteiger partial charge in [-0.3, -0.25) is 9.78 Å². The van der Waals surface area contributed by atoms with Crippen LogP contribution in [0.4, 0.5) is 5.69 Å². The number of ether oxygens (including phenoxy) is 1. The van der Waals surface area contributed by atoms with Crippen LogP contribution in [0.3, 0.4) is 0 Å². The van der Waals surface area contributed by atoms with Crippen LogP contribution in [0.2, 0.25) is 0 Å². The third-order valence-electron chi connectivity index (χ3n) is 2.38. The van der Waals surface area contributed by atoms with Crippen LogP contribution < -0.4 is 5.32 Å². The largest absolute Gasteiger partial charge is 0.385 e. The Morgan fingerprint density at radius 2 is 2.28 bits per heavy atom. The summed E-state index contributed by atoms with van der Waals surface area (Å²) in [5, 5.41) is 3.25. The zero-order chi connectivity index (χ0) is 13.4. The molecule has 1 aromatic rings. The first kappa shape index (κ1) is 14.4. The molecule has 5 nitrogen and oxygen atoms in total. The maximum atomic E-state index is 11.7. The number of rotatable bonds is 7. The zero-order valence-corrected chi connectivity index (χ0v) is 11.3. The van der Waals surface area contributed by atoms with E-state index in [0.29, 0.717) is 5.69 Å². The van der Waals surface area contributed by atoms with Gasteiger partial charge in [0.1, 0.15) is 5.69 Å². The maximum absolute atomic E-state index is 11.7. The van der Waals surface area contributed by atoms with Gasteiger partial charge in [-0.15, -0.1) is 0 Å². The molecule has 100 valence electrons. The van der Waals surface area contributed by atoms with Gasteiger partial charge in [0.2, 0.25) is 0 Å². The summed E-state index contributed by atoms with van der Waals surface area (Å²) < 4.78 is 5.25. The van der Waals surface area contributed by atoms with Crippen molar-refractivity contribution in [1.29, 1.82) is 0 Å². The van der Waals surface area contributed by atoms with Gasteiger partial charge in [0.25, 0.3) is 5.91 Å². The monoisotopic (exact) mass is 251 g/mol. The summed E-state index contributed by atoms with van der Waals surface area (Å²) in [6.07, 6.45) is 2.58. The van der Waals surface area contributed by atoms with Crippen molar-refractivity contribution in [2.45, 2.75) is 13.3 Å². The lowest BCUT2D eigenvalue weighted by Gasteiger charge is -2.11. The van der Waals surface area contributed by atoms with E-state index in [4.69, 9.17) is 4.74 Å². The van der Waals surface area contributed by atoms with Crippen LogP contribution in [0.1, 0.15) is 23.8 Å². The number of carbonyl (C=O) groups excluding carboxylic acids is 1. The second kappa shape index (κ2) is 7.66. The minimum atomic E-state index is -0.0898. The highest BCUT2D eigenvalue weighted by atomic mass is 16.5. The van der Waals surface area contributed by atoms with Crippen molar-refractivity contribution in [1.82, 2.24) is 9.88 Å². The van der Waals surface area contributed by atoms with E-state index in [1.807, 2.05) is 13.0 Å². The quantitative estimate of drug-likeness (QED) is 0.748. The molecule has 1 N–H and O–H groups in total. The molecule has 0 aliphatic rings. The molecule has 0 saturated heterocycles. The minimum absolute atomic E-state index is 0.0898. The summed E-state index contributed by atoms with van der Waals surface area (Å²) in [6.45, 7) is 4.30. The van der Waals surface area contributed by atoms with Crippen LogP contribution in [0.15, 0.2) is 18.3 Å². The number of hydrogen-bond donors (Lipinski definition) is 1. The van der Waals surface area contributed by atoms with E-state index in [2.05, 4.69) is 10.3 Å². The number of anilines is 1. The highest BCUT2D eigenvalue weighted by molar-refractivity contribution is 5.92. The van der Waals surface area contributed by atoms with E-state index in [9.17, 15) is 4.79 Å². The van der Waals surface area contributed by atoms with Gasteiger partial charge in [0.15, 0.2) is 0 Å². The van der Waals surface area contributed by atoms with E-state index in [-0.39, 0.29) is 5.91 Å². The van der Waals surface area contributed by atoms with Gasteiger partial charge in [-0.25, -0.2) is 0 Å². The Bertz CT molecular complexity index is 380. The number of amides is 1. The summed E-state index contributed by atoms with van der Waals surface area (Å²) in [6, 6.07) is 3.62. The topological polar surface area (TPSA) is 54.5 Å². The molecular formula is C13H21N3O2. The van der Waals surface area contributed by atoms with E-state index in [1.165, 1.54) is 4.90 Å². The van der Waals surface area contributed by atoms with Crippen LogP contribution >= 0.6 is 0 Å². The number of hydrogen-bond acceptors (Lipinski definition) is 4. The van der Waals surface area contributed by atoms with E-state index >= 15 is 0 Å². The molecule has 1 amide bonds. The van der Waals surface area contributed by atoms with Gasteiger partial charge in [-0.1, -0.05) is 0 Å². The molecule has 0 aliphatic heterocycles. The van der Waals surface area contributed by atoms with E-state index in [1.54, 1.807) is 26.4 Å². The molecule has 0 saturated carbocycles. The van der Waals surface area contributed by atoms with Crippen molar-refractivity contribution >= 4 is 11.6 Å². The molecule has 18 heavy (non-hydrogen) atoms. The molecule has 1 rings (SSSR count). The van der Waals surface area contributed by atoms with Crippen LogP contribution in [0, 0.1) is 0 Å². The van der Waals surface area contributed by atoms with Crippen molar-refractivity contribution < 1.29 is 9.53 Å². The average Bonchev–Trinajstić information content (AvgIpc) is 2.38. The molecule has 0 radical (unpaired) electrons. The van der Waals surface area contributed by atoms with Crippen LogP contribution in [0.5, 0.6) is 0 Å². The van der Waals surface area contributed by atoms with Gasteiger partial charge in [-0.2, -0.15) is 0 Å². The Hall–Kier alpha value is -1.62. The highest BCUT2D eigenvalue weighted by Gasteiger charge is 2.09. The summed E-state index contributed by atoms with van der Waals surface area (Å²) in [7, 11) is 3.43. The fraction of sp³-hybridized carbons (Fsp3) is 0.538. The number of nitrogens with zero attached hydrogens (tertiary/aromatic N) is 2. The second-order valence-corrected chi connectivity index (χ2v) is 4.11. The molecule has 1 aromatic heterocycles. The van der Waals surface area contributed by atoms with Gasteiger partial charge < -0.3 is 15.0 Å². The molecule has 5 heteroatoms.